The standard InChI is InChI=1S/C57H96FN5O13S/c1-15-46-57(10,68)51(64)38(6)62(12)31-34(2)28-55(8,67)53(36(4)49(37(5)54(66)74-46)75-48-29-56(9,70-14)52(65)39(7)73-48)76-47-27-43(26-35(3)72-47)61(11)23-20-42-32-63(60-59-42)45(30-58)50(69-13)41-16-18-44(19-17-41)77-33-40-21-24-71-25-22-40/h16-19,32,34-40,43,45-53,64-65,67-68H,15,20-31,33H2,1-14H3/t34-,35-,36+,37-,38-,39+,43+,45-,46-,47+,48+,49+,50-,51-,52+,53-,55-,56-,57-/m1/s1. The van der Waals surface area contributed by atoms with Crippen LogP contribution in [-0.4, -0.2) is 202 Å². The van der Waals surface area contributed by atoms with Crippen LogP contribution in [0.5, 0.6) is 0 Å². The van der Waals surface area contributed by atoms with Crippen LogP contribution in [0.15, 0.2) is 35.4 Å². The zero-order valence-electron chi connectivity index (χ0n) is 48.6. The molecular weight excluding hydrogens is 1010 g/mol. The van der Waals surface area contributed by atoms with Gasteiger partial charge in [-0.3, -0.25) is 4.79 Å². The number of carbonyl (C=O) groups excluding carboxylic acids is 1. The summed E-state index contributed by atoms with van der Waals surface area (Å²) in [5.41, 5.74) is -2.82. The Balaban J connectivity index is 1.20. The minimum Gasteiger partial charge on any atom is -0.459 e. The van der Waals surface area contributed by atoms with Gasteiger partial charge in [0.2, 0.25) is 0 Å². The topological polar surface area (TPSA) is 209 Å². The number of thioether (sulfide) groups is 1. The molecule has 0 bridgehead atoms. The molecule has 1 aromatic carbocycles. The molecule has 6 rings (SSSR count). The number of nitrogens with zero attached hydrogens (tertiary/aromatic N) is 5. The van der Waals surface area contributed by atoms with Crippen LogP contribution in [0.25, 0.3) is 0 Å². The zero-order valence-corrected chi connectivity index (χ0v) is 49.4. The maximum atomic E-state index is 15.0. The number of halogens is 1. The van der Waals surface area contributed by atoms with Gasteiger partial charge in [-0.2, -0.15) is 0 Å². The first-order valence-corrected chi connectivity index (χ1v) is 29.2. The molecule has 4 saturated heterocycles. The van der Waals surface area contributed by atoms with E-state index in [4.69, 9.17) is 37.9 Å². The molecule has 1 aromatic heterocycles. The van der Waals surface area contributed by atoms with E-state index < -0.39 is 109 Å². The number of cyclic esters (lactones) is 1. The van der Waals surface area contributed by atoms with Crippen molar-refractivity contribution in [3.63, 3.8) is 0 Å². The number of esters is 1. The highest BCUT2D eigenvalue weighted by Crippen LogP contribution is 2.41. The van der Waals surface area contributed by atoms with E-state index in [9.17, 15) is 29.6 Å². The molecule has 4 fully saturated rings. The van der Waals surface area contributed by atoms with Crippen LogP contribution in [0.3, 0.4) is 0 Å². The number of hydrogen-bond acceptors (Lipinski definition) is 18. The highest BCUT2D eigenvalue weighted by molar-refractivity contribution is 7.99. The van der Waals surface area contributed by atoms with Crippen molar-refractivity contribution in [2.24, 2.45) is 23.7 Å². The Morgan fingerprint density at radius 2 is 1.64 bits per heavy atom. The van der Waals surface area contributed by atoms with Gasteiger partial charge in [0, 0.05) is 94.6 Å². The molecule has 0 radical (unpaired) electrons. The highest BCUT2D eigenvalue weighted by Gasteiger charge is 2.52. The van der Waals surface area contributed by atoms with E-state index in [-0.39, 0.29) is 37.3 Å². The summed E-state index contributed by atoms with van der Waals surface area (Å²) in [7, 11) is 7.03. The smallest absolute Gasteiger partial charge is 0.311 e. The summed E-state index contributed by atoms with van der Waals surface area (Å²) in [5, 5.41) is 56.5. The van der Waals surface area contributed by atoms with E-state index in [1.165, 1.54) is 14.0 Å². The number of carbonyl (C=O) groups is 1. The molecule has 0 aliphatic carbocycles. The molecule has 18 nitrogen and oxygen atoms in total. The first-order valence-electron chi connectivity index (χ1n) is 28.2. The summed E-state index contributed by atoms with van der Waals surface area (Å²) in [6.07, 6.45) is -2.26. The van der Waals surface area contributed by atoms with Crippen LogP contribution in [-0.2, 0) is 49.1 Å². The van der Waals surface area contributed by atoms with Crippen molar-refractivity contribution in [3.8, 4) is 0 Å². The maximum Gasteiger partial charge on any atom is 0.311 e. The number of hydrogen-bond donors (Lipinski definition) is 4. The van der Waals surface area contributed by atoms with Crippen LogP contribution in [0.2, 0.25) is 0 Å². The Labute approximate surface area is 462 Å². The van der Waals surface area contributed by atoms with Crippen molar-refractivity contribution >= 4 is 17.7 Å². The van der Waals surface area contributed by atoms with Crippen molar-refractivity contribution < 1.29 is 67.5 Å². The van der Waals surface area contributed by atoms with E-state index in [0.29, 0.717) is 44.0 Å². The third-order valence-electron chi connectivity index (χ3n) is 17.4. The number of methoxy groups -OCH3 is 2. The lowest BCUT2D eigenvalue weighted by Gasteiger charge is -2.48. The summed E-state index contributed by atoms with van der Waals surface area (Å²) in [6.45, 7) is 20.0. The van der Waals surface area contributed by atoms with Gasteiger partial charge in [-0.1, -0.05) is 38.1 Å². The molecule has 0 amide bonds. The van der Waals surface area contributed by atoms with Crippen molar-refractivity contribution in [1.29, 1.82) is 0 Å². The lowest BCUT2D eigenvalue weighted by atomic mass is 9.77. The van der Waals surface area contributed by atoms with Crippen LogP contribution in [0.4, 0.5) is 4.39 Å². The van der Waals surface area contributed by atoms with E-state index in [0.717, 1.165) is 42.3 Å². The number of ether oxygens (including phenoxy) is 8. The SMILES string of the molecule is CC[C@H]1OC(=O)[C@H](C)[C@@H](O[C@H]2C[C@@](C)(OC)[C@@H](O)[C@H](C)O2)[C@H](C)[C@@H](O[C@H]2C[C@@H](N(C)CCc3cn([C@H](CF)[C@H](OC)c4ccc(SCC5CCOCC5)cc4)nn3)C[C@@H](C)O2)[C@](C)(O)C[C@@H](C)CN(C)[C@H](C)[C@@H](O)[C@]1(C)O. The van der Waals surface area contributed by atoms with Crippen LogP contribution in [0, 0.1) is 23.7 Å². The Morgan fingerprint density at radius 3 is 2.27 bits per heavy atom. The van der Waals surface area contributed by atoms with Crippen molar-refractivity contribution in [2.45, 2.75) is 222 Å². The molecule has 4 aliphatic heterocycles. The van der Waals surface area contributed by atoms with Gasteiger partial charge in [0.25, 0.3) is 0 Å². The summed E-state index contributed by atoms with van der Waals surface area (Å²) in [6, 6.07) is 6.89. The monoisotopic (exact) mass is 1110 g/mol. The van der Waals surface area contributed by atoms with Gasteiger partial charge < -0.3 is 68.1 Å². The van der Waals surface area contributed by atoms with Crippen LogP contribution in [0.1, 0.15) is 138 Å². The minimum absolute atomic E-state index is 0.00827. The zero-order chi connectivity index (χ0) is 56.6. The number of benzene rings is 1. The average molecular weight is 1110 g/mol. The average Bonchev–Trinajstić information content (AvgIpc) is 3.88. The molecule has 5 heterocycles. The number of aliphatic hydroxyl groups excluding tert-OH is 2. The van der Waals surface area contributed by atoms with Gasteiger partial charge >= 0.3 is 5.97 Å². The molecule has 77 heavy (non-hydrogen) atoms. The summed E-state index contributed by atoms with van der Waals surface area (Å²) in [4.78, 5) is 19.9. The summed E-state index contributed by atoms with van der Waals surface area (Å²) < 4.78 is 66.7. The molecule has 20 heteroatoms. The number of alkyl halides is 1. The molecule has 19 atom stereocenters. The fourth-order valence-corrected chi connectivity index (χ4v) is 13.5. The fourth-order valence-electron chi connectivity index (χ4n) is 12.4. The summed E-state index contributed by atoms with van der Waals surface area (Å²) in [5.74, 6) is -0.864. The molecule has 2 aromatic rings. The largest absolute Gasteiger partial charge is 0.459 e. The summed E-state index contributed by atoms with van der Waals surface area (Å²) >= 11 is 1.84. The van der Waals surface area contributed by atoms with E-state index in [2.05, 4.69) is 27.3 Å². The number of aromatic nitrogens is 3. The van der Waals surface area contributed by atoms with Crippen LogP contribution >= 0.6 is 11.8 Å². The third kappa shape index (κ3) is 16.0. The van der Waals surface area contributed by atoms with E-state index in [1.54, 1.807) is 52.6 Å². The van der Waals surface area contributed by atoms with Crippen molar-refractivity contribution in [2.75, 3.05) is 67.0 Å². The molecule has 0 spiro atoms. The lowest BCUT2D eigenvalue weighted by molar-refractivity contribution is -0.308. The maximum absolute atomic E-state index is 15.0. The van der Waals surface area contributed by atoms with Crippen LogP contribution < -0.4 is 0 Å². The molecular formula is C57H96FN5O13S. The molecule has 440 valence electrons. The number of rotatable bonds is 18. The first-order chi connectivity index (χ1) is 36.3. The van der Waals surface area contributed by atoms with Gasteiger partial charge in [0.1, 0.15) is 42.7 Å². The van der Waals surface area contributed by atoms with Gasteiger partial charge in [-0.15, -0.1) is 16.9 Å². The second-order valence-corrected chi connectivity index (χ2v) is 24.9. The Kier molecular flexibility index (Phi) is 23.2. The van der Waals surface area contributed by atoms with Crippen molar-refractivity contribution in [3.05, 3.63) is 41.7 Å². The Bertz CT molecular complexity index is 2100. The van der Waals surface area contributed by atoms with Gasteiger partial charge in [0.05, 0.1) is 47.2 Å². The van der Waals surface area contributed by atoms with Gasteiger partial charge in [0.15, 0.2) is 12.6 Å². The number of likely N-dealkylation sites (N-methyl/N-ethyl adjacent to an activating group) is 2. The molecule has 0 unspecified atom stereocenters. The third-order valence-corrected chi connectivity index (χ3v) is 18.7. The highest BCUT2D eigenvalue weighted by atomic mass is 32.2. The van der Waals surface area contributed by atoms with Gasteiger partial charge in [-0.25, -0.2) is 9.07 Å². The normalized spacial score (nSPS) is 38.7. The molecule has 0 saturated carbocycles. The van der Waals surface area contributed by atoms with Crippen molar-refractivity contribution in [1.82, 2.24) is 24.8 Å². The quantitative estimate of drug-likeness (QED) is 0.0922. The molecule has 4 N–H and O–H groups in total. The second-order valence-electron chi connectivity index (χ2n) is 23.8. The second kappa shape index (κ2) is 28.0. The Morgan fingerprint density at radius 1 is 0.948 bits per heavy atom. The molecule has 4 aliphatic rings. The lowest BCUT2D eigenvalue weighted by Crippen LogP contribution is -2.59. The van der Waals surface area contributed by atoms with E-state index in [1.807, 2.05) is 70.6 Å². The first kappa shape index (κ1) is 63.8. The predicted molar refractivity (Wildman–Crippen MR) is 291 cm³/mol. The minimum atomic E-state index is -1.82. The fraction of sp³-hybridized carbons (Fsp3) is 0.842. The number of aliphatic hydroxyl groups is 4. The Hall–Kier alpha value is -2.41. The van der Waals surface area contributed by atoms with Gasteiger partial charge in [-0.05, 0) is 124 Å². The predicted octanol–water partition coefficient (Wildman–Crippen LogP) is 6.55. The van der Waals surface area contributed by atoms with E-state index >= 15 is 0 Å².